The molecule has 0 bridgehead atoms. The largest absolute Gasteiger partial charge is 0.475 e. The lowest BCUT2D eigenvalue weighted by molar-refractivity contribution is -0.122. The van der Waals surface area contributed by atoms with Gasteiger partial charge in [0.2, 0.25) is 5.91 Å². The van der Waals surface area contributed by atoms with Crippen LogP contribution < -0.4 is 9.50 Å². The zero-order valence-corrected chi connectivity index (χ0v) is 23.4. The molecule has 0 spiro atoms. The molecule has 4 rings (SSSR count). The quantitative estimate of drug-likeness (QED) is 0.187. The topological polar surface area (TPSA) is 131 Å². The van der Waals surface area contributed by atoms with Crippen molar-refractivity contribution in [3.05, 3.63) is 90.5 Å². The van der Waals surface area contributed by atoms with E-state index in [4.69, 9.17) is 4.18 Å². The van der Waals surface area contributed by atoms with Crippen LogP contribution in [0.3, 0.4) is 0 Å². The van der Waals surface area contributed by atoms with Crippen LogP contribution in [0.2, 0.25) is 0 Å². The van der Waals surface area contributed by atoms with Crippen LogP contribution in [-0.4, -0.2) is 47.2 Å². The Balaban J connectivity index is 1.69. The van der Waals surface area contributed by atoms with Gasteiger partial charge < -0.3 is 19.5 Å². The second-order valence-electron chi connectivity index (χ2n) is 10.0. The van der Waals surface area contributed by atoms with Gasteiger partial charge in [0.05, 0.1) is 17.3 Å². The highest BCUT2D eigenvalue weighted by Crippen LogP contribution is 2.34. The van der Waals surface area contributed by atoms with Gasteiger partial charge in [-0.1, -0.05) is 68.4 Å². The molecule has 3 N–H and O–H groups in total. The molecule has 0 fully saturated rings. The Morgan fingerprint density at radius 2 is 1.70 bits per heavy atom. The number of carbonyl (C=O) groups excluding carboxylic acids is 1. The zero-order valence-electron chi connectivity index (χ0n) is 22.6. The van der Waals surface area contributed by atoms with E-state index in [0.717, 1.165) is 11.1 Å². The Kier molecular flexibility index (Phi) is 9.08. The number of aryl methyl sites for hydroxylation is 1. The second-order valence-corrected chi connectivity index (χ2v) is 11.6. The third kappa shape index (κ3) is 7.18. The van der Waals surface area contributed by atoms with Crippen LogP contribution in [0.5, 0.6) is 5.75 Å². The number of rotatable bonds is 11. The normalized spacial score (nSPS) is 12.2. The van der Waals surface area contributed by atoms with Crippen LogP contribution in [0.4, 0.5) is 0 Å². The summed E-state index contributed by atoms with van der Waals surface area (Å²) in [5.74, 6) is -1.05. The van der Waals surface area contributed by atoms with Crippen molar-refractivity contribution >= 4 is 23.1 Å². The Morgan fingerprint density at radius 1 is 1.00 bits per heavy atom. The number of hydrogen-bond donors (Lipinski definition) is 3. The minimum Gasteiger partial charge on any atom is -0.426 e. The van der Waals surface area contributed by atoms with E-state index in [0.29, 0.717) is 23.4 Å². The monoisotopic (exact) mass is 561 g/mol. The van der Waals surface area contributed by atoms with E-state index >= 15 is 0 Å². The van der Waals surface area contributed by atoms with Gasteiger partial charge in [0.15, 0.2) is 5.75 Å². The van der Waals surface area contributed by atoms with Gasteiger partial charge in [0.25, 0.3) is 0 Å². The SMILES string of the molecule is Cc1cccc(S(=O)(=O)Oc2ccccc2-c2cc(-c3ccccc3)n(CC(=O)N[C@@H](CC(C)C)B(O)O)n2)c1. The van der Waals surface area contributed by atoms with Crippen LogP contribution in [0.15, 0.2) is 89.8 Å². The van der Waals surface area contributed by atoms with Gasteiger partial charge in [-0.15, -0.1) is 0 Å². The van der Waals surface area contributed by atoms with Gasteiger partial charge in [-0.2, -0.15) is 13.5 Å². The Bertz CT molecular complexity index is 1570. The summed E-state index contributed by atoms with van der Waals surface area (Å²) in [5.41, 5.74) is 3.03. The number of hydrogen-bond acceptors (Lipinski definition) is 7. The van der Waals surface area contributed by atoms with Crippen LogP contribution >= 0.6 is 0 Å². The highest BCUT2D eigenvalue weighted by Gasteiger charge is 2.27. The third-order valence-electron chi connectivity index (χ3n) is 6.22. The molecule has 4 aromatic rings. The summed E-state index contributed by atoms with van der Waals surface area (Å²) < 4.78 is 33.2. The van der Waals surface area contributed by atoms with E-state index in [-0.39, 0.29) is 23.1 Å². The summed E-state index contributed by atoms with van der Waals surface area (Å²) in [6, 6.07) is 24.2. The molecular formula is C29H32BN3O6S. The summed E-state index contributed by atoms with van der Waals surface area (Å²) >= 11 is 0. The number of nitrogens with one attached hydrogen (secondary N) is 1. The van der Waals surface area contributed by atoms with E-state index < -0.39 is 29.1 Å². The van der Waals surface area contributed by atoms with Crippen molar-refractivity contribution in [2.45, 2.75) is 44.6 Å². The van der Waals surface area contributed by atoms with E-state index in [2.05, 4.69) is 10.4 Å². The lowest BCUT2D eigenvalue weighted by Gasteiger charge is -2.20. The minimum atomic E-state index is -4.12. The maximum absolute atomic E-state index is 13.1. The molecule has 3 aromatic carbocycles. The Labute approximate surface area is 234 Å². The molecule has 1 heterocycles. The Morgan fingerprint density at radius 3 is 2.38 bits per heavy atom. The van der Waals surface area contributed by atoms with Crippen molar-refractivity contribution in [2.75, 3.05) is 0 Å². The van der Waals surface area contributed by atoms with E-state index in [9.17, 15) is 23.3 Å². The zero-order chi connectivity index (χ0) is 28.9. The molecule has 0 aliphatic rings. The van der Waals surface area contributed by atoms with Gasteiger partial charge in [0.1, 0.15) is 11.4 Å². The highest BCUT2D eigenvalue weighted by molar-refractivity contribution is 7.87. The first-order valence-corrected chi connectivity index (χ1v) is 14.3. The fourth-order valence-corrected chi connectivity index (χ4v) is 5.40. The van der Waals surface area contributed by atoms with Crippen LogP contribution in [0, 0.1) is 12.8 Å². The average Bonchev–Trinajstić information content (AvgIpc) is 3.32. The number of aromatic nitrogens is 2. The lowest BCUT2D eigenvalue weighted by atomic mass is 9.75. The van der Waals surface area contributed by atoms with Crippen molar-refractivity contribution in [3.8, 4) is 28.3 Å². The van der Waals surface area contributed by atoms with Gasteiger partial charge in [-0.3, -0.25) is 9.48 Å². The molecule has 11 heteroatoms. The first-order valence-electron chi connectivity index (χ1n) is 12.9. The summed E-state index contributed by atoms with van der Waals surface area (Å²) in [6.07, 6.45) is 0.388. The number of para-hydroxylation sites is 1. The van der Waals surface area contributed by atoms with Crippen molar-refractivity contribution < 1.29 is 27.4 Å². The molecule has 1 atom stereocenters. The van der Waals surface area contributed by atoms with Crippen LogP contribution in [0.1, 0.15) is 25.8 Å². The lowest BCUT2D eigenvalue weighted by Crippen LogP contribution is -2.48. The van der Waals surface area contributed by atoms with Gasteiger partial charge in [0, 0.05) is 5.56 Å². The molecule has 0 unspecified atom stereocenters. The maximum Gasteiger partial charge on any atom is 0.475 e. The van der Waals surface area contributed by atoms with Crippen LogP contribution in [0.25, 0.3) is 22.5 Å². The summed E-state index contributed by atoms with van der Waals surface area (Å²) in [4.78, 5) is 13.0. The number of nitrogens with zero attached hydrogens (tertiary/aromatic N) is 2. The van der Waals surface area contributed by atoms with Crippen molar-refractivity contribution in [3.63, 3.8) is 0 Å². The first kappa shape index (κ1) is 29.1. The van der Waals surface area contributed by atoms with Crippen molar-refractivity contribution in [2.24, 2.45) is 5.92 Å². The Hall–Kier alpha value is -3.93. The minimum absolute atomic E-state index is 0.0384. The van der Waals surface area contributed by atoms with Crippen molar-refractivity contribution in [1.29, 1.82) is 0 Å². The summed E-state index contributed by atoms with van der Waals surface area (Å²) in [5, 5.41) is 26.8. The number of carbonyl (C=O) groups is 1. The van der Waals surface area contributed by atoms with E-state index in [1.807, 2.05) is 44.2 Å². The third-order valence-corrected chi connectivity index (χ3v) is 7.45. The smallest absolute Gasteiger partial charge is 0.426 e. The maximum atomic E-state index is 13.1. The molecule has 208 valence electrons. The van der Waals surface area contributed by atoms with Gasteiger partial charge >= 0.3 is 17.2 Å². The second kappa shape index (κ2) is 12.5. The predicted octanol–water partition coefficient (Wildman–Crippen LogP) is 3.84. The molecule has 9 nitrogen and oxygen atoms in total. The fraction of sp³-hybridized carbons (Fsp3) is 0.241. The summed E-state index contributed by atoms with van der Waals surface area (Å²) in [6.45, 7) is 5.45. The van der Waals surface area contributed by atoms with Crippen LogP contribution in [-0.2, 0) is 21.5 Å². The van der Waals surface area contributed by atoms with E-state index in [1.54, 1.807) is 49.4 Å². The standard InChI is InChI=1S/C29H32BN3O6S/c1-20(2)16-28(30(35)36)31-29(34)19-33-26(22-11-5-4-6-12-22)18-25(32-33)24-14-7-8-15-27(24)39-40(37,38)23-13-9-10-21(3)17-23/h4-15,17-18,20,28,35-36H,16,19H2,1-3H3,(H,31,34)/t28-/m0/s1. The predicted molar refractivity (Wildman–Crippen MR) is 154 cm³/mol. The first-order chi connectivity index (χ1) is 19.0. The molecule has 0 saturated heterocycles. The molecule has 0 aliphatic carbocycles. The molecule has 1 amide bonds. The molecule has 1 aromatic heterocycles. The molecule has 0 aliphatic heterocycles. The van der Waals surface area contributed by atoms with E-state index in [1.165, 1.54) is 16.8 Å². The average molecular weight is 561 g/mol. The summed E-state index contributed by atoms with van der Waals surface area (Å²) in [7, 11) is -5.82. The molecule has 0 radical (unpaired) electrons. The van der Waals surface area contributed by atoms with Gasteiger partial charge in [-0.25, -0.2) is 0 Å². The molecular weight excluding hydrogens is 529 g/mol. The number of amides is 1. The highest BCUT2D eigenvalue weighted by atomic mass is 32.2. The number of benzene rings is 3. The molecule has 40 heavy (non-hydrogen) atoms. The fourth-order valence-electron chi connectivity index (χ4n) is 4.35. The molecule has 0 saturated carbocycles. The van der Waals surface area contributed by atoms with Gasteiger partial charge in [-0.05, 0) is 60.7 Å². The van der Waals surface area contributed by atoms with Crippen molar-refractivity contribution in [1.82, 2.24) is 15.1 Å².